The summed E-state index contributed by atoms with van der Waals surface area (Å²) in [6, 6.07) is 4.42. The lowest BCUT2D eigenvalue weighted by Crippen LogP contribution is -2.06. The van der Waals surface area contributed by atoms with Crippen LogP contribution in [0.15, 0.2) is 27.5 Å². The third-order valence-corrected chi connectivity index (χ3v) is 3.02. The monoisotopic (exact) mass is 310 g/mol. The Morgan fingerprint density at radius 3 is 2.94 bits per heavy atom. The van der Waals surface area contributed by atoms with Gasteiger partial charge in [-0.15, -0.1) is 0 Å². The Kier molecular flexibility index (Phi) is 2.48. The third-order valence-electron chi connectivity index (χ3n) is 2.43. The molecule has 0 amide bonds. The Bertz CT molecular complexity index is 683. The van der Waals surface area contributed by atoms with Crippen LogP contribution in [0.2, 0.25) is 0 Å². The average Bonchev–Trinajstić information content (AvgIpc) is 2.76. The van der Waals surface area contributed by atoms with Gasteiger partial charge in [0.2, 0.25) is 12.7 Å². The second-order valence-corrected chi connectivity index (χ2v) is 4.50. The molecule has 2 N–H and O–H groups in total. The van der Waals surface area contributed by atoms with Crippen molar-refractivity contribution < 1.29 is 14.6 Å². The molecule has 1 aliphatic heterocycles. The summed E-state index contributed by atoms with van der Waals surface area (Å²) in [5, 5.41) is 9.32. The number of hydrogen-bond donors (Lipinski definition) is 2. The number of H-pyrrole nitrogens is 1. The summed E-state index contributed by atoms with van der Waals surface area (Å²) in [5.41, 5.74) is 0.186. The van der Waals surface area contributed by atoms with Gasteiger partial charge in [0.1, 0.15) is 5.82 Å². The second kappa shape index (κ2) is 4.02. The summed E-state index contributed by atoms with van der Waals surface area (Å²) in [6.07, 6.45) is 0. The lowest BCUT2D eigenvalue weighted by molar-refractivity contribution is 0.173. The van der Waals surface area contributed by atoms with Crippen LogP contribution in [-0.2, 0) is 0 Å². The van der Waals surface area contributed by atoms with E-state index >= 15 is 0 Å². The lowest BCUT2D eigenvalue weighted by atomic mass is 10.2. The molecule has 7 heteroatoms. The summed E-state index contributed by atoms with van der Waals surface area (Å²) in [7, 11) is 0. The average molecular weight is 311 g/mol. The Morgan fingerprint density at radius 2 is 2.17 bits per heavy atom. The van der Waals surface area contributed by atoms with E-state index in [0.29, 0.717) is 21.5 Å². The van der Waals surface area contributed by atoms with Crippen molar-refractivity contribution in [3.05, 3.63) is 33.0 Å². The maximum Gasteiger partial charge on any atom is 0.254 e. The molecule has 92 valence electrons. The smallest absolute Gasteiger partial charge is 0.254 e. The van der Waals surface area contributed by atoms with Gasteiger partial charge in [-0.2, -0.15) is 4.98 Å². The molecule has 3 rings (SSSR count). The first-order valence-corrected chi connectivity index (χ1v) is 5.82. The minimum Gasteiger partial charge on any atom is -0.493 e. The SMILES string of the molecule is O=c1cc(O)nc(-c2cc(Br)c3c(c2)OCO3)[nH]1. The van der Waals surface area contributed by atoms with Crippen molar-refractivity contribution >= 4 is 15.9 Å². The largest absolute Gasteiger partial charge is 0.493 e. The van der Waals surface area contributed by atoms with E-state index in [2.05, 4.69) is 25.9 Å². The molecule has 6 nitrogen and oxygen atoms in total. The van der Waals surface area contributed by atoms with E-state index in [1.807, 2.05) is 0 Å². The number of aromatic nitrogens is 2. The number of rotatable bonds is 1. The maximum absolute atomic E-state index is 11.3. The number of aromatic amines is 1. The zero-order chi connectivity index (χ0) is 12.7. The first-order chi connectivity index (χ1) is 8.63. The molecule has 0 saturated heterocycles. The number of fused-ring (bicyclic) bond motifs is 1. The molecule has 0 unspecified atom stereocenters. The molecule has 18 heavy (non-hydrogen) atoms. The Labute approximate surface area is 109 Å². The zero-order valence-electron chi connectivity index (χ0n) is 8.94. The van der Waals surface area contributed by atoms with Crippen LogP contribution in [0.5, 0.6) is 17.4 Å². The maximum atomic E-state index is 11.3. The van der Waals surface area contributed by atoms with E-state index in [-0.39, 0.29) is 18.5 Å². The van der Waals surface area contributed by atoms with Crippen LogP contribution in [-0.4, -0.2) is 21.9 Å². The summed E-state index contributed by atoms with van der Waals surface area (Å²) in [6.45, 7) is 0.154. The van der Waals surface area contributed by atoms with Gasteiger partial charge in [-0.05, 0) is 28.1 Å². The standard InChI is InChI=1S/C11H7BrN2O4/c12-6-1-5(2-7-10(6)18-4-17-7)11-13-8(15)3-9(16)14-11/h1-3H,4H2,(H2,13,14,15,16). The molecule has 0 bridgehead atoms. The van der Waals surface area contributed by atoms with E-state index in [0.717, 1.165) is 6.07 Å². The van der Waals surface area contributed by atoms with Crippen LogP contribution < -0.4 is 15.0 Å². The molecule has 0 aliphatic carbocycles. The number of hydrogen-bond acceptors (Lipinski definition) is 5. The van der Waals surface area contributed by atoms with E-state index in [1.54, 1.807) is 12.1 Å². The number of benzene rings is 1. The topological polar surface area (TPSA) is 84.4 Å². The van der Waals surface area contributed by atoms with Crippen molar-refractivity contribution in [2.75, 3.05) is 6.79 Å². The molecule has 1 aromatic heterocycles. The molecule has 0 atom stereocenters. The minimum atomic E-state index is -0.425. The van der Waals surface area contributed by atoms with E-state index < -0.39 is 5.56 Å². The van der Waals surface area contributed by atoms with Gasteiger partial charge >= 0.3 is 0 Å². The number of nitrogens with one attached hydrogen (secondary N) is 1. The fourth-order valence-corrected chi connectivity index (χ4v) is 2.24. The highest BCUT2D eigenvalue weighted by atomic mass is 79.9. The van der Waals surface area contributed by atoms with Gasteiger partial charge in [0, 0.05) is 5.56 Å². The fourth-order valence-electron chi connectivity index (χ4n) is 1.69. The number of aromatic hydroxyl groups is 1. The molecular weight excluding hydrogens is 304 g/mol. The molecule has 1 aromatic carbocycles. The molecule has 2 aromatic rings. The number of nitrogens with zero attached hydrogens (tertiary/aromatic N) is 1. The van der Waals surface area contributed by atoms with Gasteiger partial charge in [-0.3, -0.25) is 4.79 Å². The third kappa shape index (κ3) is 1.82. The summed E-state index contributed by atoms with van der Waals surface area (Å²) in [4.78, 5) is 17.7. The first kappa shape index (κ1) is 11.1. The highest BCUT2D eigenvalue weighted by Crippen LogP contribution is 2.41. The van der Waals surface area contributed by atoms with Crippen molar-refractivity contribution in [2.45, 2.75) is 0 Å². The molecule has 2 heterocycles. The van der Waals surface area contributed by atoms with Gasteiger partial charge in [0.15, 0.2) is 11.5 Å². The highest BCUT2D eigenvalue weighted by molar-refractivity contribution is 9.10. The predicted octanol–water partition coefficient (Wildman–Crippen LogP) is 1.63. The summed E-state index contributed by atoms with van der Waals surface area (Å²) < 4.78 is 11.2. The van der Waals surface area contributed by atoms with Gasteiger partial charge in [-0.1, -0.05) is 0 Å². The highest BCUT2D eigenvalue weighted by Gasteiger charge is 2.19. The molecule has 0 saturated carbocycles. The van der Waals surface area contributed by atoms with Crippen molar-refractivity contribution in [2.24, 2.45) is 0 Å². The fraction of sp³-hybridized carbons (Fsp3) is 0.0909. The zero-order valence-corrected chi connectivity index (χ0v) is 10.5. The molecule has 1 aliphatic rings. The van der Waals surface area contributed by atoms with Gasteiger partial charge in [0.05, 0.1) is 10.5 Å². The minimum absolute atomic E-state index is 0.154. The molecule has 0 spiro atoms. The van der Waals surface area contributed by atoms with Crippen LogP contribution in [0.4, 0.5) is 0 Å². The van der Waals surface area contributed by atoms with Crippen LogP contribution in [0.3, 0.4) is 0 Å². The number of halogens is 1. The van der Waals surface area contributed by atoms with Gasteiger partial charge in [0.25, 0.3) is 5.56 Å². The van der Waals surface area contributed by atoms with E-state index in [4.69, 9.17) is 9.47 Å². The van der Waals surface area contributed by atoms with Crippen molar-refractivity contribution in [3.8, 4) is 28.8 Å². The summed E-state index contributed by atoms with van der Waals surface area (Å²) in [5.74, 6) is 1.10. The van der Waals surface area contributed by atoms with Crippen LogP contribution >= 0.6 is 15.9 Å². The first-order valence-electron chi connectivity index (χ1n) is 5.03. The van der Waals surface area contributed by atoms with Gasteiger partial charge < -0.3 is 19.6 Å². The van der Waals surface area contributed by atoms with Crippen molar-refractivity contribution in [3.63, 3.8) is 0 Å². The van der Waals surface area contributed by atoms with Crippen LogP contribution in [0, 0.1) is 0 Å². The second-order valence-electron chi connectivity index (χ2n) is 3.64. The normalized spacial score (nSPS) is 12.7. The molecular formula is C11H7BrN2O4. The van der Waals surface area contributed by atoms with Crippen molar-refractivity contribution in [1.29, 1.82) is 0 Å². The Hall–Kier alpha value is -2.02. The van der Waals surface area contributed by atoms with Crippen LogP contribution in [0.25, 0.3) is 11.4 Å². The Morgan fingerprint density at radius 1 is 1.33 bits per heavy atom. The molecule has 0 radical (unpaired) electrons. The van der Waals surface area contributed by atoms with Gasteiger partial charge in [-0.25, -0.2) is 0 Å². The Balaban J connectivity index is 2.18. The lowest BCUT2D eigenvalue weighted by Gasteiger charge is -2.04. The number of ether oxygens (including phenoxy) is 2. The predicted molar refractivity (Wildman–Crippen MR) is 65.8 cm³/mol. The van der Waals surface area contributed by atoms with Crippen LogP contribution in [0.1, 0.15) is 0 Å². The van der Waals surface area contributed by atoms with E-state index in [9.17, 15) is 9.90 Å². The molecule has 0 fully saturated rings. The van der Waals surface area contributed by atoms with E-state index in [1.165, 1.54) is 0 Å². The summed E-state index contributed by atoms with van der Waals surface area (Å²) >= 11 is 3.35. The quantitative estimate of drug-likeness (QED) is 0.836. The van der Waals surface area contributed by atoms with Crippen molar-refractivity contribution in [1.82, 2.24) is 9.97 Å².